The Morgan fingerprint density at radius 3 is 2.75 bits per heavy atom. The van der Waals surface area contributed by atoms with Crippen molar-refractivity contribution < 1.29 is 4.79 Å². The SMILES string of the molecule is Cc1ccc(-n2cnc(C3(Nc4nccc(N5C(=O)CC[C@@H]5C(C)C)n4)CC3)c2)cc1Cl. The van der Waals surface area contributed by atoms with Crippen LogP contribution in [0.1, 0.15) is 50.8 Å². The molecule has 1 saturated heterocycles. The van der Waals surface area contributed by atoms with E-state index in [1.54, 1.807) is 6.20 Å². The topological polar surface area (TPSA) is 75.9 Å². The van der Waals surface area contributed by atoms with E-state index in [-0.39, 0.29) is 17.5 Å². The van der Waals surface area contributed by atoms with E-state index in [1.807, 2.05) is 53.2 Å². The molecule has 1 saturated carbocycles. The van der Waals surface area contributed by atoms with E-state index in [4.69, 9.17) is 16.6 Å². The summed E-state index contributed by atoms with van der Waals surface area (Å²) in [7, 11) is 0. The van der Waals surface area contributed by atoms with Gasteiger partial charge < -0.3 is 9.88 Å². The van der Waals surface area contributed by atoms with Gasteiger partial charge in [-0.2, -0.15) is 4.98 Å². The highest BCUT2D eigenvalue weighted by Crippen LogP contribution is 2.47. The highest BCUT2D eigenvalue weighted by molar-refractivity contribution is 6.31. The first-order chi connectivity index (χ1) is 15.4. The Balaban J connectivity index is 1.38. The number of carbonyl (C=O) groups excluding carboxylic acids is 1. The summed E-state index contributed by atoms with van der Waals surface area (Å²) in [6.45, 7) is 6.28. The van der Waals surface area contributed by atoms with Crippen molar-refractivity contribution in [3.05, 3.63) is 59.3 Å². The van der Waals surface area contributed by atoms with E-state index in [0.717, 1.165) is 41.2 Å². The Bertz CT molecular complexity index is 1170. The molecule has 5 rings (SSSR count). The molecule has 1 aliphatic heterocycles. The molecule has 1 amide bonds. The lowest BCUT2D eigenvalue weighted by Gasteiger charge is -2.27. The van der Waals surface area contributed by atoms with Crippen molar-refractivity contribution in [2.45, 2.75) is 58.0 Å². The fraction of sp³-hybridized carbons (Fsp3) is 0.417. The molecule has 0 bridgehead atoms. The normalized spacial score (nSPS) is 19.6. The van der Waals surface area contributed by atoms with Gasteiger partial charge in [0.1, 0.15) is 5.82 Å². The number of nitrogens with one attached hydrogen (secondary N) is 1. The van der Waals surface area contributed by atoms with Crippen molar-refractivity contribution >= 4 is 29.3 Å². The van der Waals surface area contributed by atoms with Crippen molar-refractivity contribution in [3.63, 3.8) is 0 Å². The monoisotopic (exact) mass is 450 g/mol. The summed E-state index contributed by atoms with van der Waals surface area (Å²) in [6, 6.07) is 7.98. The molecular formula is C24H27ClN6O. The lowest BCUT2D eigenvalue weighted by atomic mass is 10.0. The summed E-state index contributed by atoms with van der Waals surface area (Å²) in [4.78, 5) is 28.2. The van der Waals surface area contributed by atoms with E-state index >= 15 is 0 Å². The van der Waals surface area contributed by atoms with Crippen LogP contribution in [-0.2, 0) is 10.3 Å². The van der Waals surface area contributed by atoms with Gasteiger partial charge in [-0.1, -0.05) is 31.5 Å². The number of hydrogen-bond donors (Lipinski definition) is 1. The fourth-order valence-electron chi connectivity index (χ4n) is 4.42. The van der Waals surface area contributed by atoms with Crippen LogP contribution in [-0.4, -0.2) is 31.5 Å². The highest BCUT2D eigenvalue weighted by atomic mass is 35.5. The molecule has 2 fully saturated rings. The number of rotatable bonds is 6. The molecule has 3 heterocycles. The molecule has 0 unspecified atom stereocenters. The minimum Gasteiger partial charge on any atom is -0.343 e. The first-order valence-corrected chi connectivity index (χ1v) is 11.5. The van der Waals surface area contributed by atoms with Crippen LogP contribution in [0.2, 0.25) is 5.02 Å². The fourth-order valence-corrected chi connectivity index (χ4v) is 4.59. The van der Waals surface area contributed by atoms with Crippen molar-refractivity contribution in [1.82, 2.24) is 19.5 Å². The molecule has 1 atom stereocenters. The number of nitrogens with zero attached hydrogens (tertiary/aromatic N) is 5. The second-order valence-corrected chi connectivity index (χ2v) is 9.57. The van der Waals surface area contributed by atoms with Gasteiger partial charge in [0.2, 0.25) is 11.9 Å². The summed E-state index contributed by atoms with van der Waals surface area (Å²) in [5.74, 6) is 1.70. The van der Waals surface area contributed by atoms with Crippen LogP contribution < -0.4 is 10.2 Å². The van der Waals surface area contributed by atoms with Crippen LogP contribution in [0.4, 0.5) is 11.8 Å². The first-order valence-electron chi connectivity index (χ1n) is 11.1. The van der Waals surface area contributed by atoms with E-state index < -0.39 is 0 Å². The van der Waals surface area contributed by atoms with Gasteiger partial charge in [0.25, 0.3) is 0 Å². The van der Waals surface area contributed by atoms with Gasteiger partial charge in [0.05, 0.1) is 17.6 Å². The molecule has 1 aliphatic carbocycles. The Labute approximate surface area is 192 Å². The Morgan fingerprint density at radius 2 is 2.03 bits per heavy atom. The maximum atomic E-state index is 12.5. The predicted octanol–water partition coefficient (Wildman–Crippen LogP) is 4.88. The smallest absolute Gasteiger partial charge is 0.228 e. The predicted molar refractivity (Wildman–Crippen MR) is 125 cm³/mol. The van der Waals surface area contributed by atoms with Crippen LogP contribution in [0.25, 0.3) is 5.69 Å². The number of halogens is 1. The van der Waals surface area contributed by atoms with Gasteiger partial charge in [-0.3, -0.25) is 9.69 Å². The maximum Gasteiger partial charge on any atom is 0.228 e. The summed E-state index contributed by atoms with van der Waals surface area (Å²) >= 11 is 6.30. The minimum atomic E-state index is -0.287. The van der Waals surface area contributed by atoms with Crippen molar-refractivity contribution in [1.29, 1.82) is 0 Å². The number of amides is 1. The molecule has 7 nitrogen and oxygen atoms in total. The Morgan fingerprint density at radius 1 is 1.22 bits per heavy atom. The van der Waals surface area contributed by atoms with Gasteiger partial charge in [0, 0.05) is 35.6 Å². The molecule has 8 heteroatoms. The highest BCUT2D eigenvalue weighted by Gasteiger charge is 2.47. The molecule has 3 aromatic rings. The van der Waals surface area contributed by atoms with Crippen LogP contribution >= 0.6 is 11.6 Å². The van der Waals surface area contributed by atoms with Crippen LogP contribution in [0.5, 0.6) is 0 Å². The first kappa shape index (κ1) is 20.9. The number of carbonyl (C=O) groups is 1. The molecule has 166 valence electrons. The summed E-state index contributed by atoms with van der Waals surface area (Å²) in [6.07, 6.45) is 8.90. The lowest BCUT2D eigenvalue weighted by Crippen LogP contribution is -2.37. The quantitative estimate of drug-likeness (QED) is 0.579. The molecule has 0 radical (unpaired) electrons. The van der Waals surface area contributed by atoms with Gasteiger partial charge in [-0.15, -0.1) is 0 Å². The largest absolute Gasteiger partial charge is 0.343 e. The number of benzene rings is 1. The number of imidazole rings is 1. The van der Waals surface area contributed by atoms with Gasteiger partial charge >= 0.3 is 0 Å². The number of aromatic nitrogens is 4. The van der Waals surface area contributed by atoms with Crippen molar-refractivity contribution in [2.24, 2.45) is 5.92 Å². The van der Waals surface area contributed by atoms with Gasteiger partial charge in [-0.25, -0.2) is 9.97 Å². The molecule has 32 heavy (non-hydrogen) atoms. The van der Waals surface area contributed by atoms with E-state index in [0.29, 0.717) is 24.1 Å². The van der Waals surface area contributed by atoms with Crippen LogP contribution in [0.3, 0.4) is 0 Å². The molecule has 2 aliphatic rings. The van der Waals surface area contributed by atoms with Gasteiger partial charge in [-0.05, 0) is 55.9 Å². The maximum absolute atomic E-state index is 12.5. The average Bonchev–Trinajstić information content (AvgIpc) is 3.20. The molecule has 2 aromatic heterocycles. The zero-order valence-electron chi connectivity index (χ0n) is 18.5. The third-order valence-electron chi connectivity index (χ3n) is 6.54. The van der Waals surface area contributed by atoms with Crippen LogP contribution in [0.15, 0.2) is 43.0 Å². The molecule has 1 N–H and O–H groups in total. The third kappa shape index (κ3) is 3.75. The third-order valence-corrected chi connectivity index (χ3v) is 6.95. The van der Waals surface area contributed by atoms with Gasteiger partial charge in [0.15, 0.2) is 0 Å². The Hall–Kier alpha value is -2.93. The Kier molecular flexibility index (Phi) is 5.16. The van der Waals surface area contributed by atoms with Crippen molar-refractivity contribution in [2.75, 3.05) is 10.2 Å². The van der Waals surface area contributed by atoms with E-state index in [1.165, 1.54) is 0 Å². The molecular weight excluding hydrogens is 424 g/mol. The zero-order chi connectivity index (χ0) is 22.5. The summed E-state index contributed by atoms with van der Waals surface area (Å²) in [5.41, 5.74) is 2.68. The molecule has 1 aromatic carbocycles. The van der Waals surface area contributed by atoms with Crippen LogP contribution in [0, 0.1) is 12.8 Å². The number of anilines is 2. The summed E-state index contributed by atoms with van der Waals surface area (Å²) < 4.78 is 1.98. The second kappa shape index (κ2) is 7.89. The minimum absolute atomic E-state index is 0.130. The number of hydrogen-bond acceptors (Lipinski definition) is 5. The van der Waals surface area contributed by atoms with Crippen molar-refractivity contribution in [3.8, 4) is 5.69 Å². The second-order valence-electron chi connectivity index (χ2n) is 9.16. The standard InChI is InChI=1S/C24H27ClN6O/c1-15(2)19-6-7-22(32)31(19)21-8-11-26-23(28-21)29-24(9-10-24)20-13-30(14-27-20)17-5-4-16(3)18(25)12-17/h4-5,8,11-15,19H,6-7,9-10H2,1-3H3,(H,26,28,29)/t19-/m1/s1. The molecule has 0 spiro atoms. The zero-order valence-corrected chi connectivity index (χ0v) is 19.3. The number of aryl methyl sites for hydroxylation is 1. The van der Waals surface area contributed by atoms with E-state index in [9.17, 15) is 4.79 Å². The van der Waals surface area contributed by atoms with E-state index in [2.05, 4.69) is 29.1 Å². The summed E-state index contributed by atoms with van der Waals surface area (Å²) in [5, 5.41) is 4.23. The average molecular weight is 451 g/mol. The lowest BCUT2D eigenvalue weighted by molar-refractivity contribution is -0.117.